The summed E-state index contributed by atoms with van der Waals surface area (Å²) in [7, 11) is 1.48. The molecule has 0 radical (unpaired) electrons. The third-order valence-electron chi connectivity index (χ3n) is 8.41. The minimum absolute atomic E-state index is 0.00508. The number of rotatable bonds is 12. The molecule has 0 N–H and O–H groups in total. The Balaban J connectivity index is 1.68. The zero-order valence-electron chi connectivity index (χ0n) is 27.1. The van der Waals surface area contributed by atoms with Gasteiger partial charge in [0.1, 0.15) is 12.1 Å². The van der Waals surface area contributed by atoms with E-state index in [4.69, 9.17) is 4.74 Å². The van der Waals surface area contributed by atoms with Gasteiger partial charge in [-0.15, -0.1) is 5.10 Å². The molecule has 4 rings (SSSR count). The SMILES string of the molecule is CCOC(=O)C[C@H]1CC[C@H](CN(CC)c2ncc(C(F)(F)F)cc2CN(Cc2cc(C(F)(F)F)cc(C(F)(F)F)c2)c2ncn(C)n2)CC1. The van der Waals surface area contributed by atoms with E-state index in [2.05, 4.69) is 15.1 Å². The minimum Gasteiger partial charge on any atom is -0.466 e. The highest BCUT2D eigenvalue weighted by molar-refractivity contribution is 5.69. The van der Waals surface area contributed by atoms with Crippen molar-refractivity contribution in [3.8, 4) is 0 Å². The molecule has 0 spiro atoms. The normalized spacial score (nSPS) is 17.2. The molecule has 0 amide bonds. The van der Waals surface area contributed by atoms with Crippen molar-refractivity contribution in [3.05, 3.63) is 64.6 Å². The van der Waals surface area contributed by atoms with Crippen LogP contribution in [0.25, 0.3) is 0 Å². The Bertz CT molecular complexity index is 1530. The van der Waals surface area contributed by atoms with Gasteiger partial charge >= 0.3 is 24.5 Å². The maximum atomic E-state index is 13.9. The van der Waals surface area contributed by atoms with Gasteiger partial charge in [-0.05, 0) is 81.2 Å². The molecule has 2 heterocycles. The van der Waals surface area contributed by atoms with E-state index in [1.54, 1.807) is 13.8 Å². The molecule has 49 heavy (non-hydrogen) atoms. The fourth-order valence-corrected chi connectivity index (χ4v) is 6.02. The Hall–Kier alpha value is -4.05. The van der Waals surface area contributed by atoms with Crippen molar-refractivity contribution in [3.63, 3.8) is 0 Å². The monoisotopic (exact) mass is 708 g/mol. The summed E-state index contributed by atoms with van der Waals surface area (Å²) in [6.07, 6.45) is -9.66. The molecule has 0 saturated heterocycles. The number of anilines is 2. The highest BCUT2D eigenvalue weighted by Gasteiger charge is 2.38. The van der Waals surface area contributed by atoms with Crippen LogP contribution >= 0.6 is 0 Å². The molecule has 2 aromatic heterocycles. The van der Waals surface area contributed by atoms with E-state index < -0.39 is 53.9 Å². The maximum Gasteiger partial charge on any atom is 0.417 e. The maximum absolute atomic E-state index is 13.9. The van der Waals surface area contributed by atoms with Crippen molar-refractivity contribution < 1.29 is 49.0 Å². The number of aromatic nitrogens is 4. The van der Waals surface area contributed by atoms with Gasteiger partial charge < -0.3 is 14.5 Å². The number of halogens is 9. The molecule has 1 aromatic carbocycles. The van der Waals surface area contributed by atoms with Crippen LogP contribution in [0.2, 0.25) is 0 Å². The number of carbonyl (C=O) groups is 1. The highest BCUT2D eigenvalue weighted by Crippen LogP contribution is 2.38. The first-order chi connectivity index (χ1) is 22.9. The molecule has 1 saturated carbocycles. The molecule has 1 aliphatic carbocycles. The predicted molar refractivity (Wildman–Crippen MR) is 161 cm³/mol. The average molecular weight is 709 g/mol. The summed E-state index contributed by atoms with van der Waals surface area (Å²) < 4.78 is 130. The molecule has 0 atom stereocenters. The fraction of sp³-hybridized carbons (Fsp3) is 0.562. The van der Waals surface area contributed by atoms with Crippen LogP contribution in [0.15, 0.2) is 36.8 Å². The molecule has 3 aromatic rings. The van der Waals surface area contributed by atoms with Crippen LogP contribution in [0.5, 0.6) is 0 Å². The quantitative estimate of drug-likeness (QED) is 0.139. The number of hydrogen-bond donors (Lipinski definition) is 0. The Morgan fingerprint density at radius 1 is 0.816 bits per heavy atom. The lowest BCUT2D eigenvalue weighted by Crippen LogP contribution is -2.34. The van der Waals surface area contributed by atoms with E-state index in [0.717, 1.165) is 31.7 Å². The van der Waals surface area contributed by atoms with E-state index in [1.807, 2.05) is 4.90 Å². The third-order valence-corrected chi connectivity index (χ3v) is 8.41. The van der Waals surface area contributed by atoms with Gasteiger partial charge in [0.05, 0.1) is 23.3 Å². The first-order valence-corrected chi connectivity index (χ1v) is 15.7. The van der Waals surface area contributed by atoms with Crippen LogP contribution in [0.4, 0.5) is 51.3 Å². The molecule has 8 nitrogen and oxygen atoms in total. The third kappa shape index (κ3) is 10.2. The molecule has 1 aliphatic rings. The van der Waals surface area contributed by atoms with Crippen molar-refractivity contribution in [2.75, 3.05) is 29.5 Å². The van der Waals surface area contributed by atoms with E-state index in [1.165, 1.54) is 23.0 Å². The van der Waals surface area contributed by atoms with Gasteiger partial charge in [0.25, 0.3) is 0 Å². The summed E-state index contributed by atoms with van der Waals surface area (Å²) in [4.78, 5) is 23.2. The number of hydrogen-bond acceptors (Lipinski definition) is 7. The standard InChI is InChI=1S/C32H37F9N6O2/c1-4-46(16-21-8-6-20(7-9-21)12-27(48)49-5-2)28-23(13-26(15-42-28)32(39,40)41)18-47(29-43-19-45(3)44-29)17-22-10-24(30(33,34)35)14-25(11-22)31(36,37)38/h10-11,13-15,19-21H,4-9,12,16-18H2,1-3H3/t20-,21-. The summed E-state index contributed by atoms with van der Waals surface area (Å²) in [6, 6.07) is 2.01. The van der Waals surface area contributed by atoms with E-state index in [9.17, 15) is 44.3 Å². The number of alkyl halides is 9. The lowest BCUT2D eigenvalue weighted by Gasteiger charge is -2.34. The van der Waals surface area contributed by atoms with Crippen LogP contribution < -0.4 is 9.80 Å². The van der Waals surface area contributed by atoms with E-state index >= 15 is 0 Å². The van der Waals surface area contributed by atoms with Gasteiger partial charge in [-0.3, -0.25) is 9.48 Å². The molecule has 1 fully saturated rings. The second-order valence-electron chi connectivity index (χ2n) is 12.1. The first kappa shape index (κ1) is 37.8. The lowest BCUT2D eigenvalue weighted by molar-refractivity contribution is -0.145. The zero-order valence-corrected chi connectivity index (χ0v) is 27.1. The Labute approximate surface area is 277 Å². The Morgan fingerprint density at radius 2 is 1.41 bits per heavy atom. The summed E-state index contributed by atoms with van der Waals surface area (Å²) in [5, 5.41) is 4.14. The van der Waals surface area contributed by atoms with Gasteiger partial charge in [0.15, 0.2) is 0 Å². The molecular formula is C32H37F9N6O2. The minimum atomic E-state index is -5.10. The van der Waals surface area contributed by atoms with E-state index in [-0.39, 0.29) is 41.2 Å². The lowest BCUT2D eigenvalue weighted by atomic mass is 9.80. The van der Waals surface area contributed by atoms with Gasteiger partial charge in [-0.2, -0.15) is 39.5 Å². The topological polar surface area (TPSA) is 76.4 Å². The number of benzene rings is 1. The largest absolute Gasteiger partial charge is 0.466 e. The van der Waals surface area contributed by atoms with Crippen molar-refractivity contribution in [2.45, 2.75) is 77.6 Å². The van der Waals surface area contributed by atoms with Gasteiger partial charge in [-0.25, -0.2) is 9.97 Å². The number of esters is 1. The highest BCUT2D eigenvalue weighted by atomic mass is 19.4. The van der Waals surface area contributed by atoms with Gasteiger partial charge in [0, 0.05) is 51.4 Å². The number of ether oxygens (including phenoxy) is 1. The molecular weight excluding hydrogens is 671 g/mol. The second-order valence-corrected chi connectivity index (χ2v) is 12.1. The number of pyridine rings is 1. The second kappa shape index (κ2) is 15.2. The summed E-state index contributed by atoms with van der Waals surface area (Å²) in [5.41, 5.74) is -4.50. The van der Waals surface area contributed by atoms with Crippen molar-refractivity contribution in [2.24, 2.45) is 18.9 Å². The molecule has 0 bridgehead atoms. The molecule has 17 heteroatoms. The summed E-state index contributed by atoms with van der Waals surface area (Å²) in [5.74, 6) is 0.101. The molecule has 270 valence electrons. The van der Waals surface area contributed by atoms with Crippen LogP contribution in [-0.2, 0) is 48.2 Å². The number of carbonyl (C=O) groups excluding carboxylic acids is 1. The van der Waals surface area contributed by atoms with Crippen molar-refractivity contribution >= 4 is 17.7 Å². The average Bonchev–Trinajstić information content (AvgIpc) is 3.45. The van der Waals surface area contributed by atoms with E-state index in [0.29, 0.717) is 44.4 Å². The predicted octanol–water partition coefficient (Wildman–Crippen LogP) is 8.06. The van der Waals surface area contributed by atoms with Crippen molar-refractivity contribution in [1.29, 1.82) is 0 Å². The van der Waals surface area contributed by atoms with Crippen LogP contribution in [0.3, 0.4) is 0 Å². The van der Waals surface area contributed by atoms with Crippen LogP contribution in [-0.4, -0.2) is 45.4 Å². The van der Waals surface area contributed by atoms with Gasteiger partial charge in [0.2, 0.25) is 5.95 Å². The Morgan fingerprint density at radius 3 is 1.92 bits per heavy atom. The fourth-order valence-electron chi connectivity index (χ4n) is 6.02. The Kier molecular flexibility index (Phi) is 11.7. The zero-order chi connectivity index (χ0) is 36.1. The smallest absolute Gasteiger partial charge is 0.417 e. The summed E-state index contributed by atoms with van der Waals surface area (Å²) >= 11 is 0. The first-order valence-electron chi connectivity index (χ1n) is 15.7. The van der Waals surface area contributed by atoms with Gasteiger partial charge in [-0.1, -0.05) is 0 Å². The van der Waals surface area contributed by atoms with Crippen molar-refractivity contribution in [1.82, 2.24) is 19.7 Å². The molecule has 0 aliphatic heterocycles. The van der Waals surface area contributed by atoms with Crippen LogP contribution in [0.1, 0.15) is 73.8 Å². The molecule has 0 unspecified atom stereocenters. The number of aryl methyl sites for hydroxylation is 1. The number of nitrogens with zero attached hydrogens (tertiary/aromatic N) is 6. The van der Waals surface area contributed by atoms with Crippen LogP contribution in [0, 0.1) is 11.8 Å². The summed E-state index contributed by atoms with van der Waals surface area (Å²) in [6.45, 7) is 3.59.